The van der Waals surface area contributed by atoms with E-state index in [1.165, 1.54) is 32.7 Å². The zero-order valence-corrected chi connectivity index (χ0v) is 8.77. The molecule has 15 heavy (non-hydrogen) atoms. The van der Waals surface area contributed by atoms with Gasteiger partial charge in [0.1, 0.15) is 0 Å². The van der Waals surface area contributed by atoms with Crippen LogP contribution in [0, 0.1) is 0 Å². The van der Waals surface area contributed by atoms with Crippen molar-refractivity contribution in [3.63, 3.8) is 0 Å². The highest BCUT2D eigenvalue weighted by molar-refractivity contribution is 5.69. The molecule has 82 valence electrons. The molecule has 1 aromatic heterocycles. The number of nitrogens with zero attached hydrogens (tertiary/aromatic N) is 2. The molecule has 0 unspecified atom stereocenters. The van der Waals surface area contributed by atoms with Crippen molar-refractivity contribution in [1.29, 1.82) is 0 Å². The fourth-order valence-corrected chi connectivity index (χ4v) is 1.90. The summed E-state index contributed by atoms with van der Waals surface area (Å²) in [5, 5.41) is 6.59. The molecular weight excluding hydrogens is 194 g/mol. The summed E-state index contributed by atoms with van der Waals surface area (Å²) >= 11 is 0. The van der Waals surface area contributed by atoms with Gasteiger partial charge in [0.2, 0.25) is 0 Å². The van der Waals surface area contributed by atoms with E-state index in [-0.39, 0.29) is 0 Å². The van der Waals surface area contributed by atoms with E-state index in [2.05, 4.69) is 10.4 Å². The molecule has 0 aliphatic heterocycles. The van der Waals surface area contributed by atoms with Crippen LogP contribution >= 0.6 is 0 Å². The van der Waals surface area contributed by atoms with Crippen LogP contribution in [0.25, 0.3) is 0 Å². The van der Waals surface area contributed by atoms with Crippen LogP contribution in [-0.4, -0.2) is 22.9 Å². The van der Waals surface area contributed by atoms with Gasteiger partial charge in [-0.15, -0.1) is 0 Å². The van der Waals surface area contributed by atoms with Gasteiger partial charge in [-0.25, -0.2) is 4.79 Å². The largest absolute Gasteiger partial charge is 0.412 e. The predicted octanol–water partition coefficient (Wildman–Crippen LogP) is 1.72. The van der Waals surface area contributed by atoms with E-state index in [0.717, 1.165) is 0 Å². The summed E-state index contributed by atoms with van der Waals surface area (Å²) < 4.78 is 6.86. The van der Waals surface area contributed by atoms with E-state index in [9.17, 15) is 4.79 Å². The normalized spacial score (nSPS) is 16.6. The van der Waals surface area contributed by atoms with Gasteiger partial charge < -0.3 is 10.1 Å². The van der Waals surface area contributed by atoms with Crippen LogP contribution in [0.2, 0.25) is 0 Å². The van der Waals surface area contributed by atoms with Crippen molar-refractivity contribution in [1.82, 2.24) is 15.1 Å². The Bertz CT molecular complexity index is 342. The fourth-order valence-electron chi connectivity index (χ4n) is 1.90. The van der Waals surface area contributed by atoms with E-state index in [1.54, 1.807) is 12.4 Å². The minimum atomic E-state index is -0.457. The Balaban J connectivity index is 2.00. The molecule has 0 radical (unpaired) electrons. The minimum absolute atomic E-state index is 0.457. The second kappa shape index (κ2) is 4.33. The van der Waals surface area contributed by atoms with Crippen molar-refractivity contribution >= 4 is 6.09 Å². The topological polar surface area (TPSA) is 56.1 Å². The number of hydrogen-bond acceptors (Lipinski definition) is 3. The highest BCUT2D eigenvalue weighted by Gasteiger charge is 2.18. The summed E-state index contributed by atoms with van der Waals surface area (Å²) in [4.78, 5) is 10.9. The van der Waals surface area contributed by atoms with Gasteiger partial charge in [0.05, 0.1) is 18.4 Å². The summed E-state index contributed by atoms with van der Waals surface area (Å²) in [6, 6.07) is 0.479. The maximum Gasteiger partial charge on any atom is 0.412 e. The maximum atomic E-state index is 10.9. The van der Waals surface area contributed by atoms with Crippen LogP contribution in [0.3, 0.4) is 0 Å². The average molecular weight is 209 g/mol. The molecule has 5 heteroatoms. The summed E-state index contributed by atoms with van der Waals surface area (Å²) in [6.45, 7) is 0. The zero-order valence-electron chi connectivity index (χ0n) is 8.77. The molecule has 1 aliphatic carbocycles. The number of hydrogen-bond donors (Lipinski definition) is 1. The van der Waals surface area contributed by atoms with Gasteiger partial charge in [0.25, 0.3) is 0 Å². The fraction of sp³-hybridized carbons (Fsp3) is 0.600. The van der Waals surface area contributed by atoms with Gasteiger partial charge in [0, 0.05) is 7.05 Å². The Morgan fingerprint density at radius 2 is 2.33 bits per heavy atom. The van der Waals surface area contributed by atoms with Crippen LogP contribution in [0.5, 0.6) is 5.75 Å². The smallest absolute Gasteiger partial charge is 0.407 e. The summed E-state index contributed by atoms with van der Waals surface area (Å²) in [5.74, 6) is 0.501. The molecule has 1 aliphatic rings. The molecule has 5 nitrogen and oxygen atoms in total. The van der Waals surface area contributed by atoms with E-state index in [1.807, 2.05) is 4.68 Å². The Kier molecular flexibility index (Phi) is 2.89. The predicted molar refractivity (Wildman–Crippen MR) is 54.8 cm³/mol. The minimum Gasteiger partial charge on any atom is -0.407 e. The lowest BCUT2D eigenvalue weighted by Crippen LogP contribution is -2.21. The first-order chi connectivity index (χ1) is 7.29. The zero-order chi connectivity index (χ0) is 10.7. The number of rotatable bonds is 2. The molecule has 1 amide bonds. The van der Waals surface area contributed by atoms with Crippen molar-refractivity contribution in [2.24, 2.45) is 0 Å². The quantitative estimate of drug-likeness (QED) is 0.806. The van der Waals surface area contributed by atoms with Crippen molar-refractivity contribution in [2.45, 2.75) is 31.7 Å². The molecule has 0 bridgehead atoms. The van der Waals surface area contributed by atoms with E-state index in [0.29, 0.717) is 11.8 Å². The van der Waals surface area contributed by atoms with Gasteiger partial charge in [-0.05, 0) is 12.8 Å². The number of ether oxygens (including phenoxy) is 1. The lowest BCUT2D eigenvalue weighted by molar-refractivity contribution is 0.203. The molecule has 0 spiro atoms. The first kappa shape index (κ1) is 10.0. The molecule has 1 heterocycles. The van der Waals surface area contributed by atoms with E-state index < -0.39 is 6.09 Å². The van der Waals surface area contributed by atoms with Crippen LogP contribution < -0.4 is 10.1 Å². The second-order valence-electron chi connectivity index (χ2n) is 3.73. The highest BCUT2D eigenvalue weighted by Crippen LogP contribution is 2.29. The number of carbonyl (C=O) groups excluding carboxylic acids is 1. The number of nitrogens with one attached hydrogen (secondary N) is 1. The Morgan fingerprint density at radius 1 is 1.60 bits per heavy atom. The molecule has 0 saturated heterocycles. The summed E-state index contributed by atoms with van der Waals surface area (Å²) in [5.41, 5.74) is 0. The number of amides is 1. The van der Waals surface area contributed by atoms with Crippen LogP contribution in [0.4, 0.5) is 4.79 Å². The third-order valence-corrected chi connectivity index (χ3v) is 2.69. The van der Waals surface area contributed by atoms with Crippen molar-refractivity contribution in [3.8, 4) is 5.75 Å². The molecule has 0 atom stereocenters. The Morgan fingerprint density at radius 3 is 3.00 bits per heavy atom. The Labute approximate surface area is 88.4 Å². The number of carbonyl (C=O) groups is 1. The lowest BCUT2D eigenvalue weighted by atomic mass is 10.3. The van der Waals surface area contributed by atoms with Crippen LogP contribution in [-0.2, 0) is 0 Å². The number of aromatic nitrogens is 2. The monoisotopic (exact) mass is 209 g/mol. The van der Waals surface area contributed by atoms with Crippen molar-refractivity contribution in [2.75, 3.05) is 7.05 Å². The highest BCUT2D eigenvalue weighted by atomic mass is 16.6. The SMILES string of the molecule is CNC(=O)Oc1cnn(C2CCCC2)c1. The average Bonchev–Trinajstić information content (AvgIpc) is 2.85. The van der Waals surface area contributed by atoms with Gasteiger partial charge in [-0.1, -0.05) is 12.8 Å². The molecule has 1 N–H and O–H groups in total. The standard InChI is InChI=1S/C10H15N3O2/c1-11-10(14)15-9-6-12-13(7-9)8-4-2-3-5-8/h6-8H,2-5H2,1H3,(H,11,14). The van der Waals surface area contributed by atoms with Gasteiger partial charge in [-0.3, -0.25) is 4.68 Å². The molecule has 1 saturated carbocycles. The maximum absolute atomic E-state index is 10.9. The molecule has 2 rings (SSSR count). The van der Waals surface area contributed by atoms with Gasteiger partial charge in [-0.2, -0.15) is 5.10 Å². The third-order valence-electron chi connectivity index (χ3n) is 2.69. The molecular formula is C10H15N3O2. The second-order valence-corrected chi connectivity index (χ2v) is 3.73. The molecule has 1 fully saturated rings. The van der Waals surface area contributed by atoms with Crippen LogP contribution in [0.15, 0.2) is 12.4 Å². The van der Waals surface area contributed by atoms with Crippen LogP contribution in [0.1, 0.15) is 31.7 Å². The molecule has 1 aromatic rings. The van der Waals surface area contributed by atoms with E-state index in [4.69, 9.17) is 4.74 Å². The summed E-state index contributed by atoms with van der Waals surface area (Å²) in [6.07, 6.45) is 7.76. The third kappa shape index (κ3) is 2.29. The Hall–Kier alpha value is -1.52. The lowest BCUT2D eigenvalue weighted by Gasteiger charge is -2.08. The first-order valence-electron chi connectivity index (χ1n) is 5.23. The summed E-state index contributed by atoms with van der Waals surface area (Å²) in [7, 11) is 1.53. The first-order valence-corrected chi connectivity index (χ1v) is 5.23. The van der Waals surface area contributed by atoms with Crippen molar-refractivity contribution in [3.05, 3.63) is 12.4 Å². The van der Waals surface area contributed by atoms with E-state index >= 15 is 0 Å². The molecule has 0 aromatic carbocycles. The van der Waals surface area contributed by atoms with Crippen molar-refractivity contribution < 1.29 is 9.53 Å². The van der Waals surface area contributed by atoms with Gasteiger partial charge in [0.15, 0.2) is 5.75 Å². The van der Waals surface area contributed by atoms with Gasteiger partial charge >= 0.3 is 6.09 Å².